The Hall–Kier alpha value is -1.35. The molecule has 25 heavy (non-hydrogen) atoms. The van der Waals surface area contributed by atoms with Crippen LogP contribution < -0.4 is 16.8 Å². The van der Waals surface area contributed by atoms with E-state index in [1.165, 1.54) is 24.0 Å². The number of halogens is 1. The lowest BCUT2D eigenvalue weighted by Crippen LogP contribution is -2.44. The fourth-order valence-corrected chi connectivity index (χ4v) is 3.56. The summed E-state index contributed by atoms with van der Waals surface area (Å²) in [6.07, 6.45) is 5.82. The number of rotatable bonds is 4. The van der Waals surface area contributed by atoms with Gasteiger partial charge in [0.1, 0.15) is 0 Å². The summed E-state index contributed by atoms with van der Waals surface area (Å²) in [6, 6.07) is 6.26. The van der Waals surface area contributed by atoms with Gasteiger partial charge >= 0.3 is 0 Å². The number of guanidine groups is 1. The Morgan fingerprint density at radius 1 is 1.20 bits per heavy atom. The summed E-state index contributed by atoms with van der Waals surface area (Å²) in [5.41, 5.74) is 14.8. The number of primary amides is 1. The third-order valence-corrected chi connectivity index (χ3v) is 5.18. The van der Waals surface area contributed by atoms with Crippen molar-refractivity contribution < 1.29 is 9.53 Å². The van der Waals surface area contributed by atoms with Crippen LogP contribution in [0, 0.1) is 5.41 Å². The first kappa shape index (κ1) is 20.0. The quantitative estimate of drug-likeness (QED) is 0.366. The third kappa shape index (κ3) is 4.63. The molecule has 7 heteroatoms. The number of aryl methyl sites for hydroxylation is 1. The molecule has 5 N–H and O–H groups in total. The second kappa shape index (κ2) is 8.84. The molecule has 3 rings (SSSR count). The lowest BCUT2D eigenvalue weighted by atomic mass is 9.79. The van der Waals surface area contributed by atoms with E-state index >= 15 is 0 Å². The van der Waals surface area contributed by atoms with Gasteiger partial charge in [-0.25, -0.2) is 0 Å². The number of nitrogens with two attached hydrogens (primary N) is 2. The Morgan fingerprint density at radius 2 is 1.92 bits per heavy atom. The van der Waals surface area contributed by atoms with Crippen LogP contribution in [0.25, 0.3) is 0 Å². The van der Waals surface area contributed by atoms with Gasteiger partial charge < -0.3 is 21.5 Å². The molecule has 0 radical (unpaired) electrons. The van der Waals surface area contributed by atoms with Crippen molar-refractivity contribution in [3.63, 3.8) is 0 Å². The summed E-state index contributed by atoms with van der Waals surface area (Å²) in [5, 5.41) is 3.21. The van der Waals surface area contributed by atoms with E-state index in [4.69, 9.17) is 16.2 Å². The van der Waals surface area contributed by atoms with E-state index in [9.17, 15) is 4.79 Å². The summed E-state index contributed by atoms with van der Waals surface area (Å²) in [5.74, 6) is 0.0144. The first-order chi connectivity index (χ1) is 11.6. The van der Waals surface area contributed by atoms with E-state index in [1.54, 1.807) is 0 Å². The van der Waals surface area contributed by atoms with Crippen LogP contribution >= 0.6 is 24.0 Å². The number of fused-ring (bicyclic) bond motifs is 1. The molecule has 1 aromatic carbocycles. The van der Waals surface area contributed by atoms with E-state index in [1.807, 2.05) is 12.1 Å². The van der Waals surface area contributed by atoms with Crippen molar-refractivity contribution in [3.8, 4) is 0 Å². The fraction of sp³-hybridized carbons (Fsp3) is 0.556. The fourth-order valence-electron chi connectivity index (χ4n) is 3.56. The maximum absolute atomic E-state index is 11.9. The minimum absolute atomic E-state index is 0. The van der Waals surface area contributed by atoms with Crippen LogP contribution in [0.15, 0.2) is 23.2 Å². The molecule has 1 aliphatic carbocycles. The molecule has 0 saturated carbocycles. The van der Waals surface area contributed by atoms with Crippen molar-refractivity contribution in [2.24, 2.45) is 21.9 Å². The molecule has 1 heterocycles. The lowest BCUT2D eigenvalue weighted by molar-refractivity contribution is -0.132. The predicted octanol–water partition coefficient (Wildman–Crippen LogP) is 2.19. The number of carbonyl (C=O) groups is 1. The number of ether oxygens (including phenoxy) is 1. The molecule has 0 atom stereocenters. The van der Waals surface area contributed by atoms with Gasteiger partial charge in [-0.1, -0.05) is 12.1 Å². The van der Waals surface area contributed by atoms with Crippen molar-refractivity contribution in [2.45, 2.75) is 38.5 Å². The number of amides is 1. The van der Waals surface area contributed by atoms with Crippen LogP contribution in [-0.4, -0.2) is 31.6 Å². The maximum Gasteiger partial charge on any atom is 0.225 e. The van der Waals surface area contributed by atoms with Crippen molar-refractivity contribution in [3.05, 3.63) is 29.3 Å². The molecule has 0 aromatic heterocycles. The standard InChI is InChI=1S/C18H26N4O2.HI/c19-16(23)18(8-10-24-11-9-18)12-21-17(20)22-15-7-3-5-13-4-1-2-6-14(13)15;/h3,5,7H,1-2,4,6,8-12H2,(H2,19,23)(H3,20,21,22);1H. The molecule has 2 aliphatic rings. The molecule has 1 saturated heterocycles. The van der Waals surface area contributed by atoms with Gasteiger partial charge in [0.25, 0.3) is 0 Å². The average molecular weight is 458 g/mol. The molecule has 1 amide bonds. The van der Waals surface area contributed by atoms with Crippen LogP contribution in [0.5, 0.6) is 0 Å². The van der Waals surface area contributed by atoms with Crippen LogP contribution in [0.3, 0.4) is 0 Å². The van der Waals surface area contributed by atoms with E-state index < -0.39 is 5.41 Å². The predicted molar refractivity (Wildman–Crippen MR) is 110 cm³/mol. The molecule has 138 valence electrons. The number of nitrogens with one attached hydrogen (secondary N) is 1. The minimum Gasteiger partial charge on any atom is -0.381 e. The van der Waals surface area contributed by atoms with Crippen molar-refractivity contribution in [1.29, 1.82) is 0 Å². The second-order valence-corrected chi connectivity index (χ2v) is 6.73. The molecular weight excluding hydrogens is 431 g/mol. The molecule has 0 spiro atoms. The molecule has 0 unspecified atom stereocenters. The van der Waals surface area contributed by atoms with Gasteiger partial charge in [-0.2, -0.15) is 0 Å². The smallest absolute Gasteiger partial charge is 0.225 e. The summed E-state index contributed by atoms with van der Waals surface area (Å²) in [6.45, 7) is 1.38. The van der Waals surface area contributed by atoms with Crippen LogP contribution in [0.4, 0.5) is 5.69 Å². The number of benzene rings is 1. The van der Waals surface area contributed by atoms with Crippen molar-refractivity contribution >= 4 is 41.5 Å². The zero-order valence-electron chi connectivity index (χ0n) is 14.4. The van der Waals surface area contributed by atoms with Gasteiger partial charge in [-0.05, 0) is 55.7 Å². The Bertz CT molecular complexity index is 642. The van der Waals surface area contributed by atoms with Gasteiger partial charge in [0.2, 0.25) is 5.91 Å². The highest BCUT2D eigenvalue weighted by Crippen LogP contribution is 2.31. The number of carbonyl (C=O) groups excluding carboxylic acids is 1. The van der Waals surface area contributed by atoms with E-state index in [0.29, 0.717) is 38.6 Å². The Labute approximate surface area is 165 Å². The first-order valence-electron chi connectivity index (χ1n) is 8.66. The second-order valence-electron chi connectivity index (χ2n) is 6.73. The highest BCUT2D eigenvalue weighted by molar-refractivity contribution is 14.0. The van der Waals surface area contributed by atoms with Gasteiger partial charge in [0.05, 0.1) is 12.0 Å². The molecule has 1 fully saturated rings. The molecule has 1 aromatic rings. The third-order valence-electron chi connectivity index (χ3n) is 5.18. The van der Waals surface area contributed by atoms with Crippen molar-refractivity contribution in [2.75, 3.05) is 25.1 Å². The zero-order chi connectivity index (χ0) is 17.0. The summed E-state index contributed by atoms with van der Waals surface area (Å²) < 4.78 is 5.34. The SMILES string of the molecule is I.NC(=O)C1(CN=C(N)Nc2cccc3c2CCCC3)CCOCC1. The largest absolute Gasteiger partial charge is 0.381 e. The van der Waals surface area contributed by atoms with Gasteiger partial charge in [-0.15, -0.1) is 24.0 Å². The maximum atomic E-state index is 11.9. The van der Waals surface area contributed by atoms with E-state index in [0.717, 1.165) is 18.5 Å². The van der Waals surface area contributed by atoms with Crippen LogP contribution in [0.2, 0.25) is 0 Å². The van der Waals surface area contributed by atoms with Crippen LogP contribution in [-0.2, 0) is 22.4 Å². The molecule has 1 aliphatic heterocycles. The van der Waals surface area contributed by atoms with Gasteiger partial charge in [0.15, 0.2) is 5.96 Å². The number of hydrogen-bond donors (Lipinski definition) is 3. The van der Waals surface area contributed by atoms with Gasteiger partial charge in [0, 0.05) is 18.9 Å². The molecule has 0 bridgehead atoms. The highest BCUT2D eigenvalue weighted by atomic mass is 127. The average Bonchev–Trinajstić information content (AvgIpc) is 2.61. The molecule has 6 nitrogen and oxygen atoms in total. The van der Waals surface area contributed by atoms with Gasteiger partial charge in [-0.3, -0.25) is 9.79 Å². The molecular formula is C18H27IN4O2. The number of hydrogen-bond acceptors (Lipinski definition) is 3. The normalized spacial score (nSPS) is 19.4. The topological polar surface area (TPSA) is 103 Å². The van der Waals surface area contributed by atoms with E-state index in [-0.39, 0.29) is 29.9 Å². The highest BCUT2D eigenvalue weighted by Gasteiger charge is 2.38. The summed E-state index contributed by atoms with van der Waals surface area (Å²) in [7, 11) is 0. The lowest BCUT2D eigenvalue weighted by Gasteiger charge is -2.32. The zero-order valence-corrected chi connectivity index (χ0v) is 16.8. The number of nitrogens with zero attached hydrogens (tertiary/aromatic N) is 1. The summed E-state index contributed by atoms with van der Waals surface area (Å²) in [4.78, 5) is 16.3. The minimum atomic E-state index is -0.638. The number of anilines is 1. The number of aliphatic imine (C=N–C) groups is 1. The monoisotopic (exact) mass is 458 g/mol. The Morgan fingerprint density at radius 3 is 2.64 bits per heavy atom. The van der Waals surface area contributed by atoms with Crippen LogP contribution in [0.1, 0.15) is 36.8 Å². The Balaban J connectivity index is 0.00000225. The van der Waals surface area contributed by atoms with E-state index in [2.05, 4.69) is 16.4 Å². The first-order valence-corrected chi connectivity index (χ1v) is 8.66. The van der Waals surface area contributed by atoms with Crippen molar-refractivity contribution in [1.82, 2.24) is 0 Å². The summed E-state index contributed by atoms with van der Waals surface area (Å²) >= 11 is 0. The Kier molecular flexibility index (Phi) is 7.06.